The molecule has 156 valence electrons. The zero-order valence-corrected chi connectivity index (χ0v) is 17.1. The van der Waals surface area contributed by atoms with E-state index in [4.69, 9.17) is 0 Å². The van der Waals surface area contributed by atoms with E-state index in [0.29, 0.717) is 17.9 Å². The summed E-state index contributed by atoms with van der Waals surface area (Å²) < 4.78 is 26.0. The Hall–Kier alpha value is -2.11. The molecule has 1 aliphatic rings. The van der Waals surface area contributed by atoms with Crippen LogP contribution in [0.4, 0.5) is 8.78 Å². The van der Waals surface area contributed by atoms with Gasteiger partial charge in [-0.2, -0.15) is 0 Å². The van der Waals surface area contributed by atoms with E-state index in [1.807, 2.05) is 12.1 Å². The predicted octanol–water partition coefficient (Wildman–Crippen LogP) is 4.74. The number of carbonyl (C=O) groups is 1. The maximum atomic E-state index is 13.1. The molecule has 3 nitrogen and oxygen atoms in total. The summed E-state index contributed by atoms with van der Waals surface area (Å²) in [5.74, 6) is 0.111. The van der Waals surface area contributed by atoms with Crippen molar-refractivity contribution >= 4 is 5.78 Å². The summed E-state index contributed by atoms with van der Waals surface area (Å²) >= 11 is 0. The number of benzene rings is 2. The first-order valence-electron chi connectivity index (χ1n) is 10.5. The molecule has 1 heterocycles. The van der Waals surface area contributed by atoms with Gasteiger partial charge in [-0.25, -0.2) is 8.78 Å². The highest BCUT2D eigenvalue weighted by Gasteiger charge is 2.20. The number of likely N-dealkylation sites (tertiary alicyclic amines) is 1. The molecule has 0 N–H and O–H groups in total. The summed E-state index contributed by atoms with van der Waals surface area (Å²) in [4.78, 5) is 16.9. The van der Waals surface area contributed by atoms with E-state index in [-0.39, 0.29) is 17.4 Å². The lowest BCUT2D eigenvalue weighted by Crippen LogP contribution is -2.38. The maximum absolute atomic E-state index is 13.1. The number of carbonyl (C=O) groups excluding carboxylic acids is 1. The summed E-state index contributed by atoms with van der Waals surface area (Å²) in [5.41, 5.74) is 1.83. The van der Waals surface area contributed by atoms with Crippen LogP contribution < -0.4 is 0 Å². The van der Waals surface area contributed by atoms with Crippen LogP contribution in [0.1, 0.15) is 47.5 Å². The monoisotopic (exact) mass is 400 g/mol. The van der Waals surface area contributed by atoms with Gasteiger partial charge in [0.05, 0.1) is 0 Å². The molecule has 0 bridgehead atoms. The number of ketones is 1. The first kappa shape index (κ1) is 21.6. The van der Waals surface area contributed by atoms with Crippen molar-refractivity contribution in [2.75, 3.05) is 39.8 Å². The maximum Gasteiger partial charge on any atom is 0.162 e. The summed E-state index contributed by atoms with van der Waals surface area (Å²) in [7, 11) is 2.09. The van der Waals surface area contributed by atoms with Gasteiger partial charge in [0.25, 0.3) is 0 Å². The van der Waals surface area contributed by atoms with E-state index in [1.54, 1.807) is 24.3 Å². The summed E-state index contributed by atoms with van der Waals surface area (Å²) in [6, 6.07) is 12.7. The van der Waals surface area contributed by atoms with E-state index < -0.39 is 0 Å². The third-order valence-electron chi connectivity index (χ3n) is 5.84. The molecule has 3 rings (SSSR count). The minimum absolute atomic E-state index is 0.0706. The van der Waals surface area contributed by atoms with Gasteiger partial charge in [-0.1, -0.05) is 12.1 Å². The molecule has 1 fully saturated rings. The van der Waals surface area contributed by atoms with Gasteiger partial charge < -0.3 is 9.80 Å². The molecule has 2 aromatic rings. The van der Waals surface area contributed by atoms with Gasteiger partial charge in [-0.05, 0) is 93.8 Å². The molecule has 0 radical (unpaired) electrons. The first-order chi connectivity index (χ1) is 14.0. The Morgan fingerprint density at radius 1 is 0.966 bits per heavy atom. The van der Waals surface area contributed by atoms with Crippen molar-refractivity contribution in [3.63, 3.8) is 0 Å². The number of Topliss-reactive ketones (excluding diaryl/α,β-unsaturated/α-hetero) is 1. The number of nitrogens with zero attached hydrogens (tertiary/aromatic N) is 2. The van der Waals surface area contributed by atoms with Crippen LogP contribution in [-0.4, -0.2) is 55.4 Å². The van der Waals surface area contributed by atoms with Crippen LogP contribution in [0.25, 0.3) is 0 Å². The number of hydrogen-bond donors (Lipinski definition) is 0. The molecule has 5 heteroatoms. The van der Waals surface area contributed by atoms with Crippen molar-refractivity contribution in [1.29, 1.82) is 0 Å². The van der Waals surface area contributed by atoms with E-state index in [0.717, 1.165) is 52.0 Å². The lowest BCUT2D eigenvalue weighted by molar-refractivity contribution is 0.0975. The fourth-order valence-electron chi connectivity index (χ4n) is 3.94. The molecule has 0 unspecified atom stereocenters. The Bertz CT molecular complexity index is 768. The number of likely N-dealkylation sites (N-methyl/N-ethyl adjacent to an activating group) is 1. The van der Waals surface area contributed by atoms with Gasteiger partial charge in [0, 0.05) is 25.1 Å². The van der Waals surface area contributed by atoms with Crippen LogP contribution in [0.3, 0.4) is 0 Å². The second kappa shape index (κ2) is 10.6. The number of piperidine rings is 1. The first-order valence-corrected chi connectivity index (χ1v) is 10.5. The third-order valence-corrected chi connectivity index (χ3v) is 5.84. The molecule has 0 atom stereocenters. The van der Waals surface area contributed by atoms with Gasteiger partial charge in [-0.3, -0.25) is 4.79 Å². The Kier molecular flexibility index (Phi) is 7.90. The Labute approximate surface area is 172 Å². The van der Waals surface area contributed by atoms with Gasteiger partial charge in [-0.15, -0.1) is 0 Å². The molecule has 0 saturated carbocycles. The smallest absolute Gasteiger partial charge is 0.162 e. The van der Waals surface area contributed by atoms with Gasteiger partial charge in [0.15, 0.2) is 5.78 Å². The lowest BCUT2D eigenvalue weighted by atomic mass is 9.89. The molecule has 1 aliphatic heterocycles. The molecular formula is C24H30F2N2O. The normalized spacial score (nSPS) is 15.7. The molecule has 2 aromatic carbocycles. The second-order valence-electron chi connectivity index (χ2n) is 8.00. The minimum atomic E-state index is -0.317. The van der Waals surface area contributed by atoms with Crippen molar-refractivity contribution in [1.82, 2.24) is 9.80 Å². The number of halogens is 2. The predicted molar refractivity (Wildman–Crippen MR) is 112 cm³/mol. The van der Waals surface area contributed by atoms with Crippen molar-refractivity contribution in [2.24, 2.45) is 0 Å². The molecule has 1 saturated heterocycles. The largest absolute Gasteiger partial charge is 0.305 e. The van der Waals surface area contributed by atoms with E-state index >= 15 is 0 Å². The zero-order chi connectivity index (χ0) is 20.6. The topological polar surface area (TPSA) is 23.6 Å². The van der Waals surface area contributed by atoms with Crippen molar-refractivity contribution in [2.45, 2.75) is 31.6 Å². The van der Waals surface area contributed by atoms with Crippen molar-refractivity contribution in [3.05, 3.63) is 71.3 Å². The van der Waals surface area contributed by atoms with Crippen LogP contribution in [0.2, 0.25) is 0 Å². The fourth-order valence-corrected chi connectivity index (χ4v) is 3.94. The van der Waals surface area contributed by atoms with Crippen LogP contribution >= 0.6 is 0 Å². The SMILES string of the molecule is CN(CCCC(=O)c1ccc(F)cc1)CCN1CCC(c2ccc(F)cc2)CC1. The number of hydrogen-bond acceptors (Lipinski definition) is 3. The molecule has 0 aromatic heterocycles. The van der Waals surface area contributed by atoms with Crippen molar-refractivity contribution in [3.8, 4) is 0 Å². The Morgan fingerprint density at radius 2 is 1.55 bits per heavy atom. The summed E-state index contributed by atoms with van der Waals surface area (Å²) in [6.45, 7) is 5.02. The van der Waals surface area contributed by atoms with E-state index in [2.05, 4.69) is 16.8 Å². The van der Waals surface area contributed by atoms with Gasteiger partial charge in [0.1, 0.15) is 11.6 Å². The second-order valence-corrected chi connectivity index (χ2v) is 8.00. The van der Waals surface area contributed by atoms with Crippen LogP contribution in [0.5, 0.6) is 0 Å². The minimum Gasteiger partial charge on any atom is -0.305 e. The van der Waals surface area contributed by atoms with Crippen LogP contribution in [0.15, 0.2) is 48.5 Å². The van der Waals surface area contributed by atoms with E-state index in [9.17, 15) is 13.6 Å². The lowest BCUT2D eigenvalue weighted by Gasteiger charge is -2.33. The summed E-state index contributed by atoms with van der Waals surface area (Å²) in [6.07, 6.45) is 3.52. The Morgan fingerprint density at radius 3 is 2.17 bits per heavy atom. The highest BCUT2D eigenvalue weighted by Crippen LogP contribution is 2.27. The number of rotatable bonds is 9. The quantitative estimate of drug-likeness (QED) is 0.568. The van der Waals surface area contributed by atoms with Gasteiger partial charge in [0.2, 0.25) is 0 Å². The van der Waals surface area contributed by atoms with E-state index in [1.165, 1.54) is 17.7 Å². The Balaban J connectivity index is 1.31. The van der Waals surface area contributed by atoms with Crippen LogP contribution in [0, 0.1) is 11.6 Å². The van der Waals surface area contributed by atoms with Crippen molar-refractivity contribution < 1.29 is 13.6 Å². The standard InChI is InChI=1S/C24H30F2N2O/c1-27(14-2-3-24(29)21-6-10-23(26)11-7-21)17-18-28-15-12-20(13-16-28)19-4-8-22(25)9-5-19/h4-11,20H,2-3,12-18H2,1H3. The zero-order valence-electron chi connectivity index (χ0n) is 17.1. The average Bonchev–Trinajstić information content (AvgIpc) is 2.73. The van der Waals surface area contributed by atoms with Crippen LogP contribution in [-0.2, 0) is 0 Å². The molecular weight excluding hydrogens is 370 g/mol. The fraction of sp³-hybridized carbons (Fsp3) is 0.458. The molecule has 0 aliphatic carbocycles. The highest BCUT2D eigenvalue weighted by molar-refractivity contribution is 5.95. The molecule has 29 heavy (non-hydrogen) atoms. The summed E-state index contributed by atoms with van der Waals surface area (Å²) in [5, 5.41) is 0. The van der Waals surface area contributed by atoms with Gasteiger partial charge >= 0.3 is 0 Å². The average molecular weight is 401 g/mol. The molecule has 0 amide bonds. The third kappa shape index (κ3) is 6.72. The highest BCUT2D eigenvalue weighted by atomic mass is 19.1. The molecule has 0 spiro atoms.